The number of hydrogen-bond acceptors (Lipinski definition) is 5. The van der Waals surface area contributed by atoms with Gasteiger partial charge >= 0.3 is 12.1 Å². The van der Waals surface area contributed by atoms with Crippen LogP contribution < -0.4 is 4.74 Å². The summed E-state index contributed by atoms with van der Waals surface area (Å²) in [5.41, 5.74) is 1.01. The molecule has 3 rings (SSSR count). The molecule has 0 saturated carbocycles. The lowest BCUT2D eigenvalue weighted by Gasteiger charge is -2.28. The van der Waals surface area contributed by atoms with Gasteiger partial charge in [-0.2, -0.15) is 13.2 Å². The summed E-state index contributed by atoms with van der Waals surface area (Å²) in [6.45, 7) is 0. The Morgan fingerprint density at radius 2 is 1.96 bits per heavy atom. The van der Waals surface area contributed by atoms with E-state index in [0.717, 1.165) is 12.1 Å². The van der Waals surface area contributed by atoms with Gasteiger partial charge in [0.05, 0.1) is 23.9 Å². The third-order valence-electron chi connectivity index (χ3n) is 4.15. The molecule has 0 amide bonds. The molecular formula is C19H16F3NO4. The number of benzene rings is 2. The van der Waals surface area contributed by atoms with Crippen molar-refractivity contribution in [3.8, 4) is 5.75 Å². The maximum atomic E-state index is 13.0. The number of carbonyl (C=O) groups excluding carboxylic acids is 1. The number of methoxy groups -OCH3 is 1. The average Bonchev–Trinajstić information content (AvgIpc) is 2.66. The van der Waals surface area contributed by atoms with E-state index in [-0.39, 0.29) is 12.2 Å². The molecule has 1 aliphatic rings. The van der Waals surface area contributed by atoms with Crippen LogP contribution in [0, 0.1) is 0 Å². The predicted octanol–water partition coefficient (Wildman–Crippen LogP) is 4.37. The van der Waals surface area contributed by atoms with Gasteiger partial charge in [-0.1, -0.05) is 17.3 Å². The summed E-state index contributed by atoms with van der Waals surface area (Å²) < 4.78 is 49.6. The van der Waals surface area contributed by atoms with Crippen molar-refractivity contribution in [2.45, 2.75) is 18.7 Å². The number of oxime groups is 1. The molecule has 0 fully saturated rings. The number of fused-ring (bicyclic) bond motifs is 1. The molecule has 1 aliphatic heterocycles. The summed E-state index contributed by atoms with van der Waals surface area (Å²) in [5.74, 6) is -0.460. The Bertz CT molecular complexity index is 893. The largest absolute Gasteiger partial charge is 0.485 e. The molecule has 1 heterocycles. The maximum Gasteiger partial charge on any atom is 0.416 e. The van der Waals surface area contributed by atoms with E-state index < -0.39 is 23.8 Å². The van der Waals surface area contributed by atoms with Crippen molar-refractivity contribution in [3.05, 3.63) is 64.7 Å². The van der Waals surface area contributed by atoms with Crippen LogP contribution in [0.2, 0.25) is 0 Å². The summed E-state index contributed by atoms with van der Waals surface area (Å²) in [5, 5.41) is 3.93. The lowest BCUT2D eigenvalue weighted by atomic mass is 9.94. The van der Waals surface area contributed by atoms with E-state index in [1.807, 2.05) is 0 Å². The van der Waals surface area contributed by atoms with Gasteiger partial charge in [0.1, 0.15) is 19.0 Å². The minimum absolute atomic E-state index is 0.0559. The fourth-order valence-corrected chi connectivity index (χ4v) is 2.88. The van der Waals surface area contributed by atoms with Crippen molar-refractivity contribution in [1.29, 1.82) is 0 Å². The average molecular weight is 379 g/mol. The number of nitrogens with zero attached hydrogens (tertiary/aromatic N) is 1. The van der Waals surface area contributed by atoms with Crippen LogP contribution in [0.5, 0.6) is 5.75 Å². The molecule has 0 bridgehead atoms. The van der Waals surface area contributed by atoms with Gasteiger partial charge in [0.2, 0.25) is 0 Å². The number of rotatable bonds is 3. The highest BCUT2D eigenvalue weighted by atomic mass is 19.4. The standard InChI is InChI=1S/C19H16F3NO4/c1-25-18(24)12-5-3-4-11(8-12)16-10-15(23-26-2)14-7-6-13(19(20,21)22)9-17(14)27-16/h3-9,16H,10H2,1-2H3/t16-/m1/s1. The second kappa shape index (κ2) is 7.30. The summed E-state index contributed by atoms with van der Waals surface area (Å²) in [6.07, 6.45) is -4.84. The lowest BCUT2D eigenvalue weighted by molar-refractivity contribution is -0.137. The second-order valence-corrected chi connectivity index (χ2v) is 5.86. The molecule has 0 aromatic heterocycles. The van der Waals surface area contributed by atoms with Crippen LogP contribution in [0.3, 0.4) is 0 Å². The predicted molar refractivity (Wildman–Crippen MR) is 90.8 cm³/mol. The van der Waals surface area contributed by atoms with Crippen LogP contribution in [-0.4, -0.2) is 25.9 Å². The topological polar surface area (TPSA) is 57.1 Å². The number of alkyl halides is 3. The van der Waals surface area contributed by atoms with Crippen LogP contribution in [0.25, 0.3) is 0 Å². The normalized spacial score (nSPS) is 17.8. The quantitative estimate of drug-likeness (QED) is 0.587. The summed E-state index contributed by atoms with van der Waals surface area (Å²) in [6, 6.07) is 9.77. The molecule has 0 unspecified atom stereocenters. The third kappa shape index (κ3) is 3.89. The van der Waals surface area contributed by atoms with Crippen LogP contribution in [0.4, 0.5) is 13.2 Å². The molecule has 0 saturated heterocycles. The van der Waals surface area contributed by atoms with Crippen molar-refractivity contribution in [1.82, 2.24) is 0 Å². The zero-order valence-electron chi connectivity index (χ0n) is 14.5. The highest BCUT2D eigenvalue weighted by molar-refractivity contribution is 6.04. The molecule has 1 atom stereocenters. The maximum absolute atomic E-state index is 13.0. The van der Waals surface area contributed by atoms with Crippen molar-refractivity contribution in [2.24, 2.45) is 5.16 Å². The van der Waals surface area contributed by atoms with Gasteiger partial charge in [-0.15, -0.1) is 0 Å². The van der Waals surface area contributed by atoms with Gasteiger partial charge in [-0.3, -0.25) is 0 Å². The highest BCUT2D eigenvalue weighted by Gasteiger charge is 2.34. The fourth-order valence-electron chi connectivity index (χ4n) is 2.88. The third-order valence-corrected chi connectivity index (χ3v) is 4.15. The van der Waals surface area contributed by atoms with Gasteiger partial charge in [-0.25, -0.2) is 4.79 Å². The smallest absolute Gasteiger partial charge is 0.416 e. The van der Waals surface area contributed by atoms with Crippen LogP contribution in [-0.2, 0) is 15.8 Å². The number of halogens is 3. The summed E-state index contributed by atoms with van der Waals surface area (Å²) in [4.78, 5) is 16.6. The zero-order chi connectivity index (χ0) is 19.6. The van der Waals surface area contributed by atoms with E-state index in [9.17, 15) is 18.0 Å². The number of hydrogen-bond donors (Lipinski definition) is 0. The molecular weight excluding hydrogens is 363 g/mol. The van der Waals surface area contributed by atoms with E-state index in [0.29, 0.717) is 22.4 Å². The molecule has 0 spiro atoms. The summed E-state index contributed by atoms with van der Waals surface area (Å²) >= 11 is 0. The molecule has 2 aromatic carbocycles. The molecule has 2 aromatic rings. The minimum Gasteiger partial charge on any atom is -0.485 e. The SMILES string of the molecule is CON=C1C[C@H](c2cccc(C(=O)OC)c2)Oc2cc(C(F)(F)F)ccc21. The van der Waals surface area contributed by atoms with Gasteiger partial charge in [0.25, 0.3) is 0 Å². The first-order valence-corrected chi connectivity index (χ1v) is 8.00. The monoisotopic (exact) mass is 379 g/mol. The number of ether oxygens (including phenoxy) is 2. The van der Waals surface area contributed by atoms with Gasteiger partial charge in [0.15, 0.2) is 0 Å². The van der Waals surface area contributed by atoms with Crippen molar-refractivity contribution < 1.29 is 32.3 Å². The molecule has 142 valence electrons. The van der Waals surface area contributed by atoms with E-state index in [1.54, 1.807) is 24.3 Å². The Morgan fingerprint density at radius 1 is 1.19 bits per heavy atom. The van der Waals surface area contributed by atoms with Crippen LogP contribution >= 0.6 is 0 Å². The highest BCUT2D eigenvalue weighted by Crippen LogP contribution is 2.39. The Balaban J connectivity index is 2.02. The van der Waals surface area contributed by atoms with Gasteiger partial charge in [0, 0.05) is 12.0 Å². The number of carbonyl (C=O) groups is 1. The first-order valence-electron chi connectivity index (χ1n) is 8.00. The van der Waals surface area contributed by atoms with Crippen molar-refractivity contribution in [3.63, 3.8) is 0 Å². The second-order valence-electron chi connectivity index (χ2n) is 5.86. The number of esters is 1. The minimum atomic E-state index is -4.49. The molecule has 0 radical (unpaired) electrons. The van der Waals surface area contributed by atoms with Gasteiger partial charge < -0.3 is 14.3 Å². The van der Waals surface area contributed by atoms with Crippen molar-refractivity contribution >= 4 is 11.7 Å². The summed E-state index contributed by atoms with van der Waals surface area (Å²) in [7, 11) is 2.63. The van der Waals surface area contributed by atoms with E-state index in [4.69, 9.17) is 14.3 Å². The molecule has 5 nitrogen and oxygen atoms in total. The van der Waals surface area contributed by atoms with Crippen LogP contribution in [0.1, 0.15) is 39.6 Å². The molecule has 0 aliphatic carbocycles. The molecule has 8 heteroatoms. The first-order chi connectivity index (χ1) is 12.8. The molecule has 0 N–H and O–H groups in total. The van der Waals surface area contributed by atoms with Crippen molar-refractivity contribution in [2.75, 3.05) is 14.2 Å². The van der Waals surface area contributed by atoms with Crippen LogP contribution in [0.15, 0.2) is 47.6 Å². The Labute approximate surface area is 153 Å². The Hall–Kier alpha value is -3.03. The lowest BCUT2D eigenvalue weighted by Crippen LogP contribution is -2.22. The van der Waals surface area contributed by atoms with E-state index in [1.165, 1.54) is 20.3 Å². The van der Waals surface area contributed by atoms with E-state index >= 15 is 0 Å². The fraction of sp³-hybridized carbons (Fsp3) is 0.263. The molecule has 27 heavy (non-hydrogen) atoms. The zero-order valence-corrected chi connectivity index (χ0v) is 14.5. The Morgan fingerprint density at radius 3 is 2.63 bits per heavy atom. The first kappa shape index (κ1) is 18.8. The van der Waals surface area contributed by atoms with Gasteiger partial charge in [-0.05, 0) is 35.9 Å². The Kier molecular flexibility index (Phi) is 5.07. The van der Waals surface area contributed by atoms with E-state index in [2.05, 4.69) is 5.16 Å².